The van der Waals surface area contributed by atoms with Gasteiger partial charge in [-0.05, 0) is 61.4 Å². The van der Waals surface area contributed by atoms with Crippen LogP contribution >= 0.6 is 11.6 Å². The molecule has 0 saturated carbocycles. The molecule has 9 heteroatoms. The number of carbonyl (C=O) groups is 1. The van der Waals surface area contributed by atoms with E-state index in [1.54, 1.807) is 7.11 Å². The summed E-state index contributed by atoms with van der Waals surface area (Å²) in [5.74, 6) is 0.144. The van der Waals surface area contributed by atoms with Crippen molar-refractivity contribution in [3.05, 3.63) is 70.6 Å². The fourth-order valence-corrected chi connectivity index (χ4v) is 3.66. The molecule has 2 aromatic carbocycles. The molecule has 1 amide bonds. The van der Waals surface area contributed by atoms with Gasteiger partial charge in [-0.25, -0.2) is 4.39 Å². The summed E-state index contributed by atoms with van der Waals surface area (Å²) in [5.41, 5.74) is 2.65. The minimum absolute atomic E-state index is 0.0360. The highest BCUT2D eigenvalue weighted by atomic mass is 35.5. The summed E-state index contributed by atoms with van der Waals surface area (Å²) < 4.78 is 24.4. The number of amidine groups is 1. The minimum atomic E-state index is -0.648. The maximum atomic E-state index is 13.8. The van der Waals surface area contributed by atoms with Crippen molar-refractivity contribution in [2.75, 3.05) is 20.3 Å². The molecule has 0 unspecified atom stereocenters. The molecular formula is C24H24ClFN4O3. The van der Waals surface area contributed by atoms with Gasteiger partial charge in [0.05, 0.1) is 23.9 Å². The number of nitrogens with zero attached hydrogens (tertiary/aromatic N) is 2. The Morgan fingerprint density at radius 3 is 2.70 bits per heavy atom. The van der Waals surface area contributed by atoms with Crippen LogP contribution in [-0.2, 0) is 11.2 Å². The van der Waals surface area contributed by atoms with E-state index < -0.39 is 11.7 Å². The lowest BCUT2D eigenvalue weighted by atomic mass is 10.1. The number of hydrogen-bond acceptors (Lipinski definition) is 5. The summed E-state index contributed by atoms with van der Waals surface area (Å²) in [6.07, 6.45) is 1.88. The zero-order valence-corrected chi connectivity index (χ0v) is 18.9. The standard InChI is InChI=1S/C24H24ClFN4O3/c1-32-19-5-2-15(3-6-19)22-13-18(29-30-22)14-23(27-17-8-10-33-11-9-17)28-24(31)16-4-7-20(25)21(26)12-16/h2-7,12-13,17H,8-11,14H2,1H3,(H,29,30)(H,27,28,31). The predicted octanol–water partition coefficient (Wildman–Crippen LogP) is 4.43. The van der Waals surface area contributed by atoms with Gasteiger partial charge in [-0.15, -0.1) is 0 Å². The van der Waals surface area contributed by atoms with Crippen LogP contribution in [0.2, 0.25) is 5.02 Å². The van der Waals surface area contributed by atoms with E-state index in [9.17, 15) is 9.18 Å². The summed E-state index contributed by atoms with van der Waals surface area (Å²) in [4.78, 5) is 17.5. The molecule has 0 bridgehead atoms. The summed E-state index contributed by atoms with van der Waals surface area (Å²) >= 11 is 5.74. The molecule has 0 radical (unpaired) electrons. The van der Waals surface area contributed by atoms with Gasteiger partial charge in [-0.2, -0.15) is 5.10 Å². The number of methoxy groups -OCH3 is 1. The normalized spacial score (nSPS) is 14.8. The second kappa shape index (κ2) is 10.6. The number of benzene rings is 2. The fraction of sp³-hybridized carbons (Fsp3) is 0.292. The van der Waals surface area contributed by atoms with Gasteiger partial charge < -0.3 is 14.8 Å². The summed E-state index contributed by atoms with van der Waals surface area (Å²) in [6.45, 7) is 1.26. The predicted molar refractivity (Wildman–Crippen MR) is 124 cm³/mol. The highest BCUT2D eigenvalue weighted by Gasteiger charge is 2.17. The van der Waals surface area contributed by atoms with Gasteiger partial charge in [0, 0.05) is 36.5 Å². The summed E-state index contributed by atoms with van der Waals surface area (Å²) in [7, 11) is 1.62. The van der Waals surface area contributed by atoms with E-state index >= 15 is 0 Å². The van der Waals surface area contributed by atoms with Gasteiger partial charge in [0.2, 0.25) is 0 Å². The van der Waals surface area contributed by atoms with Crippen LogP contribution in [0.3, 0.4) is 0 Å². The number of hydrogen-bond donors (Lipinski definition) is 2. The molecule has 1 fully saturated rings. The third kappa shape index (κ3) is 5.97. The monoisotopic (exact) mass is 470 g/mol. The Hall–Kier alpha value is -3.23. The first-order valence-corrected chi connectivity index (χ1v) is 11.0. The third-order valence-electron chi connectivity index (χ3n) is 5.34. The number of aliphatic imine (C=N–C) groups is 1. The van der Waals surface area contributed by atoms with Crippen LogP contribution in [-0.4, -0.2) is 48.3 Å². The minimum Gasteiger partial charge on any atom is -0.497 e. The lowest BCUT2D eigenvalue weighted by molar-refractivity contribution is 0.0869. The molecule has 0 atom stereocenters. The lowest BCUT2D eigenvalue weighted by Crippen LogP contribution is -2.34. The van der Waals surface area contributed by atoms with Crippen molar-refractivity contribution in [3.8, 4) is 17.0 Å². The highest BCUT2D eigenvalue weighted by Crippen LogP contribution is 2.22. The Morgan fingerprint density at radius 2 is 2.00 bits per heavy atom. The quantitative estimate of drug-likeness (QED) is 0.412. The van der Waals surface area contributed by atoms with E-state index in [2.05, 4.69) is 15.5 Å². The molecule has 7 nitrogen and oxygen atoms in total. The molecule has 2 N–H and O–H groups in total. The highest BCUT2D eigenvalue weighted by molar-refractivity contribution is 6.30. The molecule has 4 rings (SSSR count). The van der Waals surface area contributed by atoms with Crippen molar-refractivity contribution >= 4 is 23.3 Å². The van der Waals surface area contributed by atoms with Crippen LogP contribution < -0.4 is 10.1 Å². The number of nitrogens with one attached hydrogen (secondary N) is 2. The van der Waals surface area contributed by atoms with Crippen LogP contribution in [0.15, 0.2) is 53.5 Å². The van der Waals surface area contributed by atoms with Crippen molar-refractivity contribution in [3.63, 3.8) is 0 Å². The average molecular weight is 471 g/mol. The zero-order valence-electron chi connectivity index (χ0n) is 18.1. The smallest absolute Gasteiger partial charge is 0.256 e. The molecule has 0 spiro atoms. The largest absolute Gasteiger partial charge is 0.497 e. The van der Waals surface area contributed by atoms with Gasteiger partial charge in [0.1, 0.15) is 17.4 Å². The third-order valence-corrected chi connectivity index (χ3v) is 5.65. The molecule has 2 heterocycles. The maximum absolute atomic E-state index is 13.8. The number of aromatic amines is 1. The molecule has 3 aromatic rings. The second-order valence-electron chi connectivity index (χ2n) is 7.69. The Bertz CT molecular complexity index is 1140. The second-order valence-corrected chi connectivity index (χ2v) is 8.09. The first-order valence-electron chi connectivity index (χ1n) is 10.6. The van der Waals surface area contributed by atoms with E-state index in [4.69, 9.17) is 26.1 Å². The van der Waals surface area contributed by atoms with Crippen LogP contribution in [0.25, 0.3) is 11.3 Å². The van der Waals surface area contributed by atoms with Crippen molar-refractivity contribution < 1.29 is 18.7 Å². The van der Waals surface area contributed by atoms with Gasteiger partial charge in [0.15, 0.2) is 0 Å². The van der Waals surface area contributed by atoms with Crippen LogP contribution in [0.1, 0.15) is 28.9 Å². The molecule has 1 aliphatic heterocycles. The van der Waals surface area contributed by atoms with E-state index in [0.29, 0.717) is 25.5 Å². The number of amides is 1. The molecular weight excluding hydrogens is 447 g/mol. The van der Waals surface area contributed by atoms with Gasteiger partial charge in [0.25, 0.3) is 5.91 Å². The van der Waals surface area contributed by atoms with Crippen LogP contribution in [0.4, 0.5) is 4.39 Å². The molecule has 33 heavy (non-hydrogen) atoms. The van der Waals surface area contributed by atoms with E-state index in [1.807, 2.05) is 30.3 Å². The number of H-pyrrole nitrogens is 1. The van der Waals surface area contributed by atoms with Crippen LogP contribution in [0, 0.1) is 5.82 Å². The molecule has 1 aromatic heterocycles. The van der Waals surface area contributed by atoms with Crippen molar-refractivity contribution in [2.24, 2.45) is 4.99 Å². The van der Waals surface area contributed by atoms with Crippen LogP contribution in [0.5, 0.6) is 5.75 Å². The molecule has 1 saturated heterocycles. The van der Waals surface area contributed by atoms with Gasteiger partial charge in [-0.3, -0.25) is 14.9 Å². The Morgan fingerprint density at radius 1 is 1.24 bits per heavy atom. The van der Waals surface area contributed by atoms with Gasteiger partial charge in [-0.1, -0.05) is 11.6 Å². The average Bonchev–Trinajstić information content (AvgIpc) is 3.30. The number of halogens is 2. The Labute approximate surface area is 196 Å². The number of rotatable bonds is 6. The van der Waals surface area contributed by atoms with Crippen molar-refractivity contribution in [1.82, 2.24) is 15.5 Å². The van der Waals surface area contributed by atoms with E-state index in [-0.39, 0.29) is 16.6 Å². The Kier molecular flexibility index (Phi) is 7.36. The fourth-order valence-electron chi connectivity index (χ4n) is 3.54. The molecule has 172 valence electrons. The summed E-state index contributed by atoms with van der Waals surface area (Å²) in [6, 6.07) is 13.5. The lowest BCUT2D eigenvalue weighted by Gasteiger charge is -2.20. The molecule has 1 aliphatic rings. The maximum Gasteiger partial charge on any atom is 0.256 e. The summed E-state index contributed by atoms with van der Waals surface area (Å²) in [5, 5.41) is 10.2. The number of carbonyl (C=O) groups excluding carboxylic acids is 1. The van der Waals surface area contributed by atoms with Crippen molar-refractivity contribution in [2.45, 2.75) is 25.3 Å². The van der Waals surface area contributed by atoms with E-state index in [0.717, 1.165) is 41.6 Å². The number of aromatic nitrogens is 2. The van der Waals surface area contributed by atoms with Crippen molar-refractivity contribution in [1.29, 1.82) is 0 Å². The topological polar surface area (TPSA) is 88.6 Å². The molecule has 0 aliphatic carbocycles. The Balaban J connectivity index is 1.53. The SMILES string of the molecule is COc1ccc(-c2cc(CC(=NC3CCOCC3)NC(=O)c3ccc(Cl)c(F)c3)[nH]n2)cc1. The number of ether oxygens (including phenoxy) is 2. The first-order chi connectivity index (χ1) is 16.0. The van der Waals surface area contributed by atoms with Gasteiger partial charge >= 0.3 is 0 Å². The zero-order chi connectivity index (χ0) is 23.2. The van der Waals surface area contributed by atoms with E-state index in [1.165, 1.54) is 12.1 Å². The first kappa shape index (κ1) is 22.9.